The molecule has 4 heteroatoms. The Morgan fingerprint density at radius 3 is 2.14 bits per heavy atom. The molecule has 0 bridgehead atoms. The standard InChI is InChI=1S/C18H18O4/c1-21-15-10-8-14(9-11-15)17(19)12-16(18(20)22-2)13-6-4-3-5-7-13/h3-11,16H,12H2,1-2H3/t16-/m0/s1. The van der Waals surface area contributed by atoms with E-state index < -0.39 is 11.9 Å². The van der Waals surface area contributed by atoms with Crippen molar-refractivity contribution in [2.24, 2.45) is 0 Å². The molecule has 0 radical (unpaired) electrons. The van der Waals surface area contributed by atoms with Crippen molar-refractivity contribution in [3.63, 3.8) is 0 Å². The highest BCUT2D eigenvalue weighted by atomic mass is 16.5. The topological polar surface area (TPSA) is 52.6 Å². The van der Waals surface area contributed by atoms with Crippen LogP contribution in [0.15, 0.2) is 54.6 Å². The second-order valence-electron chi connectivity index (χ2n) is 4.84. The minimum Gasteiger partial charge on any atom is -0.497 e. The normalized spacial score (nSPS) is 11.5. The highest BCUT2D eigenvalue weighted by molar-refractivity contribution is 5.99. The molecule has 0 aliphatic heterocycles. The minimum atomic E-state index is -0.596. The molecule has 22 heavy (non-hydrogen) atoms. The SMILES string of the molecule is COC(=O)[C@@H](CC(=O)c1ccc(OC)cc1)c1ccccc1. The maximum atomic E-state index is 12.4. The Labute approximate surface area is 129 Å². The van der Waals surface area contributed by atoms with Crippen LogP contribution in [0.1, 0.15) is 28.3 Å². The molecule has 114 valence electrons. The zero-order valence-corrected chi connectivity index (χ0v) is 12.6. The third-order valence-corrected chi connectivity index (χ3v) is 3.49. The summed E-state index contributed by atoms with van der Waals surface area (Å²) >= 11 is 0. The van der Waals surface area contributed by atoms with E-state index in [-0.39, 0.29) is 12.2 Å². The van der Waals surface area contributed by atoms with E-state index in [0.29, 0.717) is 11.3 Å². The molecule has 0 N–H and O–H groups in total. The van der Waals surface area contributed by atoms with Crippen LogP contribution in [-0.4, -0.2) is 26.0 Å². The summed E-state index contributed by atoms with van der Waals surface area (Å²) in [6.07, 6.45) is 0.0724. The average Bonchev–Trinajstić information content (AvgIpc) is 2.59. The van der Waals surface area contributed by atoms with Gasteiger partial charge in [0, 0.05) is 12.0 Å². The van der Waals surface area contributed by atoms with Crippen LogP contribution >= 0.6 is 0 Å². The van der Waals surface area contributed by atoms with Gasteiger partial charge in [-0.15, -0.1) is 0 Å². The predicted molar refractivity (Wildman–Crippen MR) is 83.1 cm³/mol. The van der Waals surface area contributed by atoms with E-state index in [1.165, 1.54) is 7.11 Å². The van der Waals surface area contributed by atoms with E-state index >= 15 is 0 Å². The number of hydrogen-bond acceptors (Lipinski definition) is 4. The summed E-state index contributed by atoms with van der Waals surface area (Å²) in [7, 11) is 2.90. The quantitative estimate of drug-likeness (QED) is 0.607. The number of benzene rings is 2. The maximum Gasteiger partial charge on any atom is 0.313 e. The number of ether oxygens (including phenoxy) is 2. The molecule has 0 saturated heterocycles. The molecule has 0 unspecified atom stereocenters. The van der Waals surface area contributed by atoms with E-state index in [9.17, 15) is 9.59 Å². The van der Waals surface area contributed by atoms with Crippen molar-refractivity contribution in [2.45, 2.75) is 12.3 Å². The first-order chi connectivity index (χ1) is 10.7. The van der Waals surface area contributed by atoms with E-state index in [1.807, 2.05) is 30.3 Å². The molecular weight excluding hydrogens is 280 g/mol. The lowest BCUT2D eigenvalue weighted by atomic mass is 9.91. The number of rotatable bonds is 6. The third-order valence-electron chi connectivity index (χ3n) is 3.49. The molecule has 0 aliphatic rings. The summed E-state index contributed by atoms with van der Waals surface area (Å²) in [5, 5.41) is 0. The van der Waals surface area contributed by atoms with Crippen molar-refractivity contribution in [2.75, 3.05) is 14.2 Å². The molecule has 0 spiro atoms. The van der Waals surface area contributed by atoms with Crippen molar-refractivity contribution >= 4 is 11.8 Å². The van der Waals surface area contributed by atoms with Gasteiger partial charge in [-0.25, -0.2) is 0 Å². The van der Waals surface area contributed by atoms with Gasteiger partial charge in [-0.2, -0.15) is 0 Å². The predicted octanol–water partition coefficient (Wildman–Crippen LogP) is 3.22. The Hall–Kier alpha value is -2.62. The highest BCUT2D eigenvalue weighted by Gasteiger charge is 2.25. The van der Waals surface area contributed by atoms with Crippen molar-refractivity contribution in [1.29, 1.82) is 0 Å². The van der Waals surface area contributed by atoms with Crippen LogP contribution in [0, 0.1) is 0 Å². The molecule has 2 aromatic carbocycles. The zero-order chi connectivity index (χ0) is 15.9. The third kappa shape index (κ3) is 3.73. The van der Waals surface area contributed by atoms with Gasteiger partial charge < -0.3 is 9.47 Å². The summed E-state index contributed by atoms with van der Waals surface area (Å²) in [4.78, 5) is 24.4. The van der Waals surface area contributed by atoms with Crippen LogP contribution in [-0.2, 0) is 9.53 Å². The molecule has 2 aromatic rings. The van der Waals surface area contributed by atoms with Gasteiger partial charge in [0.2, 0.25) is 0 Å². The summed E-state index contributed by atoms with van der Waals surface area (Å²) < 4.78 is 9.90. The van der Waals surface area contributed by atoms with Gasteiger partial charge in [0.1, 0.15) is 5.75 Å². The zero-order valence-electron chi connectivity index (χ0n) is 12.6. The number of carbonyl (C=O) groups excluding carboxylic acids is 2. The monoisotopic (exact) mass is 298 g/mol. The summed E-state index contributed by atoms with van der Waals surface area (Å²) in [5.41, 5.74) is 1.32. The number of carbonyl (C=O) groups is 2. The lowest BCUT2D eigenvalue weighted by molar-refractivity contribution is -0.142. The van der Waals surface area contributed by atoms with Crippen molar-refractivity contribution < 1.29 is 19.1 Å². The van der Waals surface area contributed by atoms with E-state index in [1.54, 1.807) is 31.4 Å². The lowest BCUT2D eigenvalue weighted by Crippen LogP contribution is -2.18. The van der Waals surface area contributed by atoms with Crippen molar-refractivity contribution in [1.82, 2.24) is 0 Å². The van der Waals surface area contributed by atoms with Gasteiger partial charge in [-0.05, 0) is 29.8 Å². The Morgan fingerprint density at radius 2 is 1.59 bits per heavy atom. The number of ketones is 1. The van der Waals surface area contributed by atoms with Gasteiger partial charge in [-0.3, -0.25) is 9.59 Å². The van der Waals surface area contributed by atoms with Crippen molar-refractivity contribution in [3.05, 3.63) is 65.7 Å². The molecule has 0 saturated carbocycles. The molecule has 0 heterocycles. The summed E-state index contributed by atoms with van der Waals surface area (Å²) in [6.45, 7) is 0. The highest BCUT2D eigenvalue weighted by Crippen LogP contribution is 2.24. The van der Waals surface area contributed by atoms with Crippen LogP contribution in [0.2, 0.25) is 0 Å². The number of esters is 1. The second kappa shape index (κ2) is 7.41. The van der Waals surface area contributed by atoms with Crippen LogP contribution < -0.4 is 4.74 Å². The first kappa shape index (κ1) is 15.8. The lowest BCUT2D eigenvalue weighted by Gasteiger charge is -2.14. The van der Waals surface area contributed by atoms with Crippen LogP contribution in [0.25, 0.3) is 0 Å². The molecule has 1 atom stereocenters. The molecule has 2 rings (SSSR count). The summed E-state index contributed by atoms with van der Waals surface area (Å²) in [6, 6.07) is 16.0. The Morgan fingerprint density at radius 1 is 0.955 bits per heavy atom. The molecule has 4 nitrogen and oxygen atoms in total. The number of methoxy groups -OCH3 is 2. The number of hydrogen-bond donors (Lipinski definition) is 0. The largest absolute Gasteiger partial charge is 0.497 e. The van der Waals surface area contributed by atoms with E-state index in [2.05, 4.69) is 0 Å². The van der Waals surface area contributed by atoms with Crippen LogP contribution in [0.4, 0.5) is 0 Å². The average molecular weight is 298 g/mol. The minimum absolute atomic E-state index is 0.0724. The Kier molecular flexibility index (Phi) is 5.31. The molecular formula is C18H18O4. The molecule has 0 fully saturated rings. The van der Waals surface area contributed by atoms with Crippen molar-refractivity contribution in [3.8, 4) is 5.75 Å². The molecule has 0 amide bonds. The number of Topliss-reactive ketones (excluding diaryl/α,β-unsaturated/α-hetero) is 1. The Bertz CT molecular complexity index is 632. The van der Waals surface area contributed by atoms with Gasteiger partial charge in [0.25, 0.3) is 0 Å². The van der Waals surface area contributed by atoms with Crippen LogP contribution in [0.3, 0.4) is 0 Å². The van der Waals surface area contributed by atoms with Crippen LogP contribution in [0.5, 0.6) is 5.75 Å². The van der Waals surface area contributed by atoms with Gasteiger partial charge in [0.15, 0.2) is 5.78 Å². The Balaban J connectivity index is 2.19. The first-order valence-corrected chi connectivity index (χ1v) is 6.95. The fourth-order valence-corrected chi connectivity index (χ4v) is 2.25. The van der Waals surface area contributed by atoms with Gasteiger partial charge in [0.05, 0.1) is 20.1 Å². The summed E-state index contributed by atoms with van der Waals surface area (Å²) in [5.74, 6) is -0.431. The van der Waals surface area contributed by atoms with Gasteiger partial charge in [-0.1, -0.05) is 30.3 Å². The van der Waals surface area contributed by atoms with E-state index in [4.69, 9.17) is 9.47 Å². The first-order valence-electron chi connectivity index (χ1n) is 6.95. The van der Waals surface area contributed by atoms with E-state index in [0.717, 1.165) is 5.56 Å². The molecule has 0 aliphatic carbocycles. The second-order valence-corrected chi connectivity index (χ2v) is 4.84. The fourth-order valence-electron chi connectivity index (χ4n) is 2.25. The fraction of sp³-hybridized carbons (Fsp3) is 0.222. The van der Waals surface area contributed by atoms with Gasteiger partial charge >= 0.3 is 5.97 Å². The smallest absolute Gasteiger partial charge is 0.313 e. The maximum absolute atomic E-state index is 12.4. The molecule has 0 aromatic heterocycles.